The fraction of sp³-hybridized carbons (Fsp3) is 0. The van der Waals surface area contributed by atoms with Crippen molar-refractivity contribution in [3.8, 4) is 5.75 Å². The fourth-order valence-corrected chi connectivity index (χ4v) is 1.25. The summed E-state index contributed by atoms with van der Waals surface area (Å²) in [4.78, 5) is 10.9. The third-order valence-electron chi connectivity index (χ3n) is 1.34. The number of benzene rings is 1. The highest BCUT2D eigenvalue weighted by molar-refractivity contribution is 14.1. The summed E-state index contributed by atoms with van der Waals surface area (Å²) >= 11 is 2.03. The van der Waals surface area contributed by atoms with Crippen molar-refractivity contribution < 1.29 is 9.90 Å². The topological polar surface area (TPSA) is 75.3 Å². The van der Waals surface area contributed by atoms with Gasteiger partial charge in [-0.1, -0.05) is 0 Å². The van der Waals surface area contributed by atoms with Crippen LogP contribution in [0.2, 0.25) is 0 Å². The molecule has 0 aliphatic rings. The van der Waals surface area contributed by atoms with Crippen molar-refractivity contribution in [2.24, 2.45) is 5.84 Å². The summed E-state index contributed by atoms with van der Waals surface area (Å²) in [7, 11) is 0. The van der Waals surface area contributed by atoms with Crippen LogP contribution in [0.25, 0.3) is 0 Å². The Morgan fingerprint density at radius 3 is 2.75 bits per heavy atom. The Bertz CT molecular complexity index is 314. The second-order valence-corrected chi connectivity index (χ2v) is 3.38. The Morgan fingerprint density at radius 1 is 1.58 bits per heavy atom. The van der Waals surface area contributed by atoms with Crippen LogP contribution < -0.4 is 11.3 Å². The number of carbonyl (C=O) groups excluding carboxylic acids is 1. The van der Waals surface area contributed by atoms with Gasteiger partial charge in [-0.2, -0.15) is 0 Å². The molecule has 0 heterocycles. The maximum absolute atomic E-state index is 10.9. The molecule has 1 aromatic rings. The highest BCUT2D eigenvalue weighted by Crippen LogP contribution is 2.19. The van der Waals surface area contributed by atoms with E-state index in [1.54, 1.807) is 6.07 Å². The SMILES string of the molecule is NNC(=O)c1ccc(I)cc1O. The number of halogens is 1. The van der Waals surface area contributed by atoms with Gasteiger partial charge in [-0.3, -0.25) is 10.2 Å². The van der Waals surface area contributed by atoms with E-state index in [0.29, 0.717) is 0 Å². The normalized spacial score (nSPS) is 9.50. The molecule has 64 valence electrons. The molecule has 4 nitrogen and oxygen atoms in total. The predicted molar refractivity (Wildman–Crippen MR) is 52.5 cm³/mol. The first-order valence-corrected chi connectivity index (χ1v) is 4.22. The van der Waals surface area contributed by atoms with Crippen LogP contribution in [0.1, 0.15) is 10.4 Å². The first kappa shape index (κ1) is 9.27. The molecule has 0 bridgehead atoms. The summed E-state index contributed by atoms with van der Waals surface area (Å²) < 4.78 is 0.860. The van der Waals surface area contributed by atoms with Crippen LogP contribution >= 0.6 is 22.6 Å². The molecule has 0 fully saturated rings. The highest BCUT2D eigenvalue weighted by atomic mass is 127. The second kappa shape index (κ2) is 3.72. The molecule has 0 unspecified atom stereocenters. The zero-order chi connectivity index (χ0) is 9.14. The molecule has 1 amide bonds. The minimum absolute atomic E-state index is 0.0650. The van der Waals surface area contributed by atoms with E-state index in [0.717, 1.165) is 3.57 Å². The first-order valence-electron chi connectivity index (χ1n) is 3.14. The van der Waals surface area contributed by atoms with Gasteiger partial charge in [0.2, 0.25) is 0 Å². The number of nitrogen functional groups attached to an aromatic ring is 1. The highest BCUT2D eigenvalue weighted by Gasteiger charge is 2.08. The van der Waals surface area contributed by atoms with Crippen molar-refractivity contribution >= 4 is 28.5 Å². The minimum atomic E-state index is -0.496. The quantitative estimate of drug-likeness (QED) is 0.305. The third-order valence-corrected chi connectivity index (χ3v) is 2.01. The number of phenolic OH excluding ortho intramolecular Hbond substituents is 1. The zero-order valence-electron chi connectivity index (χ0n) is 6.04. The molecule has 1 aromatic carbocycles. The number of rotatable bonds is 1. The van der Waals surface area contributed by atoms with E-state index in [4.69, 9.17) is 5.84 Å². The average Bonchev–Trinajstić information content (AvgIpc) is 2.03. The van der Waals surface area contributed by atoms with Crippen molar-refractivity contribution in [1.29, 1.82) is 0 Å². The maximum atomic E-state index is 10.9. The summed E-state index contributed by atoms with van der Waals surface area (Å²) in [6.45, 7) is 0. The second-order valence-electron chi connectivity index (χ2n) is 2.13. The fourth-order valence-electron chi connectivity index (χ4n) is 0.775. The van der Waals surface area contributed by atoms with Crippen molar-refractivity contribution in [2.75, 3.05) is 0 Å². The van der Waals surface area contributed by atoms with Gasteiger partial charge in [-0.15, -0.1) is 0 Å². The largest absolute Gasteiger partial charge is 0.507 e. The first-order chi connectivity index (χ1) is 5.65. The minimum Gasteiger partial charge on any atom is -0.507 e. The van der Waals surface area contributed by atoms with Gasteiger partial charge in [0.15, 0.2) is 0 Å². The van der Waals surface area contributed by atoms with Crippen molar-refractivity contribution in [1.82, 2.24) is 5.43 Å². The number of phenols is 1. The van der Waals surface area contributed by atoms with Gasteiger partial charge < -0.3 is 5.11 Å². The van der Waals surface area contributed by atoms with Crippen LogP contribution in [0.15, 0.2) is 18.2 Å². The number of hydrazine groups is 1. The van der Waals surface area contributed by atoms with Gasteiger partial charge in [0.25, 0.3) is 5.91 Å². The van der Waals surface area contributed by atoms with E-state index in [1.807, 2.05) is 28.0 Å². The van der Waals surface area contributed by atoms with Crippen molar-refractivity contribution in [2.45, 2.75) is 0 Å². The summed E-state index contributed by atoms with van der Waals surface area (Å²) in [5.74, 6) is 4.34. The standard InChI is InChI=1S/C7H7IN2O2/c8-4-1-2-5(6(11)3-4)7(12)10-9/h1-3,11H,9H2,(H,10,12). The zero-order valence-corrected chi connectivity index (χ0v) is 8.20. The molecule has 0 saturated heterocycles. The number of hydrogen-bond acceptors (Lipinski definition) is 3. The molecule has 0 spiro atoms. The van der Waals surface area contributed by atoms with Crippen molar-refractivity contribution in [3.63, 3.8) is 0 Å². The molecule has 4 N–H and O–H groups in total. The van der Waals surface area contributed by atoms with E-state index in [-0.39, 0.29) is 11.3 Å². The Labute approximate surface area is 82.9 Å². The molecule has 0 aromatic heterocycles. The Hall–Kier alpha value is -0.820. The maximum Gasteiger partial charge on any atom is 0.268 e. The number of nitrogens with one attached hydrogen (secondary N) is 1. The summed E-state index contributed by atoms with van der Waals surface area (Å²) in [6.07, 6.45) is 0. The number of nitrogens with two attached hydrogens (primary N) is 1. The molecule has 12 heavy (non-hydrogen) atoms. The molecular weight excluding hydrogens is 271 g/mol. The van der Waals surface area contributed by atoms with Gasteiger partial charge in [-0.05, 0) is 40.8 Å². The van der Waals surface area contributed by atoms with Gasteiger partial charge in [0, 0.05) is 3.57 Å². The number of aromatic hydroxyl groups is 1. The van der Waals surface area contributed by atoms with Crippen LogP contribution in [0.5, 0.6) is 5.75 Å². The molecule has 0 saturated carbocycles. The van der Waals surface area contributed by atoms with Gasteiger partial charge in [0.05, 0.1) is 5.56 Å². The van der Waals surface area contributed by atoms with Crippen LogP contribution in [0.3, 0.4) is 0 Å². The van der Waals surface area contributed by atoms with E-state index >= 15 is 0 Å². The van der Waals surface area contributed by atoms with Crippen LogP contribution in [0, 0.1) is 3.57 Å². The smallest absolute Gasteiger partial charge is 0.268 e. The van der Waals surface area contributed by atoms with E-state index in [1.165, 1.54) is 12.1 Å². The Morgan fingerprint density at radius 2 is 2.25 bits per heavy atom. The van der Waals surface area contributed by atoms with Crippen molar-refractivity contribution in [3.05, 3.63) is 27.3 Å². The predicted octanol–water partition coefficient (Wildman–Crippen LogP) is 0.600. The molecule has 0 aliphatic heterocycles. The molecule has 1 rings (SSSR count). The number of hydrogen-bond donors (Lipinski definition) is 3. The summed E-state index contributed by atoms with van der Waals surface area (Å²) in [6, 6.07) is 4.72. The third kappa shape index (κ3) is 1.86. The molecular formula is C7H7IN2O2. The lowest BCUT2D eigenvalue weighted by molar-refractivity contribution is 0.0951. The van der Waals surface area contributed by atoms with Gasteiger partial charge in [-0.25, -0.2) is 5.84 Å². The van der Waals surface area contributed by atoms with Gasteiger partial charge in [0.1, 0.15) is 5.75 Å². The van der Waals surface area contributed by atoms with E-state index < -0.39 is 5.91 Å². The summed E-state index contributed by atoms with van der Waals surface area (Å²) in [5, 5.41) is 9.27. The molecule has 5 heteroatoms. The monoisotopic (exact) mass is 278 g/mol. The van der Waals surface area contributed by atoms with E-state index in [2.05, 4.69) is 0 Å². The molecule has 0 atom stereocenters. The number of carbonyl (C=O) groups is 1. The summed E-state index contributed by atoms with van der Waals surface area (Å²) in [5.41, 5.74) is 2.12. The lowest BCUT2D eigenvalue weighted by Gasteiger charge is -2.02. The Kier molecular flexibility index (Phi) is 2.88. The number of amides is 1. The average molecular weight is 278 g/mol. The lowest BCUT2D eigenvalue weighted by atomic mass is 10.2. The van der Waals surface area contributed by atoms with Crippen LogP contribution in [0.4, 0.5) is 0 Å². The molecule has 0 aliphatic carbocycles. The Balaban J connectivity index is 3.09. The van der Waals surface area contributed by atoms with Crippen LogP contribution in [-0.4, -0.2) is 11.0 Å². The van der Waals surface area contributed by atoms with E-state index in [9.17, 15) is 9.90 Å². The molecule has 0 radical (unpaired) electrons. The lowest BCUT2D eigenvalue weighted by Crippen LogP contribution is -2.29. The van der Waals surface area contributed by atoms with Crippen LogP contribution in [-0.2, 0) is 0 Å². The van der Waals surface area contributed by atoms with Gasteiger partial charge >= 0.3 is 0 Å².